The van der Waals surface area contributed by atoms with E-state index >= 15 is 0 Å². The number of halogens is 1. The van der Waals surface area contributed by atoms with Gasteiger partial charge in [0.15, 0.2) is 0 Å². The second-order valence-electron chi connectivity index (χ2n) is 5.51. The van der Waals surface area contributed by atoms with Gasteiger partial charge in [0.1, 0.15) is 0 Å². The number of piperidine rings is 1. The standard InChI is InChI=1S/C15H24ClN3/c1-17-10-12-6-7-13(9-15(12)16)19-8-4-5-14(11-19)18(2)3/h6-7,9,14,17H,4-5,8,10-11H2,1-3H3. The second-order valence-corrected chi connectivity index (χ2v) is 5.92. The van der Waals surface area contributed by atoms with Gasteiger partial charge in [0.05, 0.1) is 0 Å². The van der Waals surface area contributed by atoms with Gasteiger partial charge in [-0.2, -0.15) is 0 Å². The zero-order chi connectivity index (χ0) is 13.8. The van der Waals surface area contributed by atoms with Crippen molar-refractivity contribution in [3.63, 3.8) is 0 Å². The molecular weight excluding hydrogens is 258 g/mol. The molecule has 0 spiro atoms. The molecule has 106 valence electrons. The quantitative estimate of drug-likeness (QED) is 0.915. The average molecular weight is 282 g/mol. The summed E-state index contributed by atoms with van der Waals surface area (Å²) in [6.45, 7) is 3.04. The average Bonchev–Trinajstić information content (AvgIpc) is 2.41. The predicted octanol–water partition coefficient (Wildman–Crippen LogP) is 2.59. The number of benzene rings is 1. The minimum atomic E-state index is 0.643. The topological polar surface area (TPSA) is 18.5 Å². The Balaban J connectivity index is 2.11. The van der Waals surface area contributed by atoms with Crippen molar-refractivity contribution in [2.45, 2.75) is 25.4 Å². The highest BCUT2D eigenvalue weighted by atomic mass is 35.5. The normalized spacial score (nSPS) is 20.1. The zero-order valence-corrected chi connectivity index (χ0v) is 12.9. The van der Waals surface area contributed by atoms with E-state index < -0.39 is 0 Å². The van der Waals surface area contributed by atoms with Crippen LogP contribution in [0.25, 0.3) is 0 Å². The summed E-state index contributed by atoms with van der Waals surface area (Å²) in [5.41, 5.74) is 2.41. The van der Waals surface area contributed by atoms with Gasteiger partial charge in [0.25, 0.3) is 0 Å². The molecule has 1 N–H and O–H groups in total. The van der Waals surface area contributed by atoms with Crippen molar-refractivity contribution in [3.05, 3.63) is 28.8 Å². The van der Waals surface area contributed by atoms with Gasteiger partial charge >= 0.3 is 0 Å². The zero-order valence-electron chi connectivity index (χ0n) is 12.1. The fraction of sp³-hybridized carbons (Fsp3) is 0.600. The lowest BCUT2D eigenvalue weighted by molar-refractivity contribution is 0.258. The van der Waals surface area contributed by atoms with Crippen LogP contribution in [0.1, 0.15) is 18.4 Å². The van der Waals surface area contributed by atoms with E-state index in [-0.39, 0.29) is 0 Å². The molecule has 1 saturated heterocycles. The minimum Gasteiger partial charge on any atom is -0.370 e. The Morgan fingerprint density at radius 2 is 2.21 bits per heavy atom. The molecule has 0 radical (unpaired) electrons. The molecule has 0 bridgehead atoms. The van der Waals surface area contributed by atoms with Crippen molar-refractivity contribution in [2.75, 3.05) is 39.1 Å². The van der Waals surface area contributed by atoms with E-state index in [1.165, 1.54) is 18.5 Å². The summed E-state index contributed by atoms with van der Waals surface area (Å²) in [6.07, 6.45) is 2.54. The Morgan fingerprint density at radius 3 is 2.84 bits per heavy atom. The Hall–Kier alpha value is -0.770. The van der Waals surface area contributed by atoms with Crippen LogP contribution < -0.4 is 10.2 Å². The molecule has 0 aliphatic carbocycles. The van der Waals surface area contributed by atoms with E-state index in [4.69, 9.17) is 11.6 Å². The maximum absolute atomic E-state index is 6.35. The number of hydrogen-bond acceptors (Lipinski definition) is 3. The van der Waals surface area contributed by atoms with Crippen molar-refractivity contribution in [3.8, 4) is 0 Å². The summed E-state index contributed by atoms with van der Waals surface area (Å²) >= 11 is 6.35. The highest BCUT2D eigenvalue weighted by Gasteiger charge is 2.21. The molecule has 1 heterocycles. The predicted molar refractivity (Wildman–Crippen MR) is 83.1 cm³/mol. The largest absolute Gasteiger partial charge is 0.370 e. The van der Waals surface area contributed by atoms with Crippen molar-refractivity contribution >= 4 is 17.3 Å². The summed E-state index contributed by atoms with van der Waals surface area (Å²) in [5.74, 6) is 0. The van der Waals surface area contributed by atoms with Crippen LogP contribution in [0.4, 0.5) is 5.69 Å². The van der Waals surface area contributed by atoms with Crippen LogP contribution in [0.5, 0.6) is 0 Å². The van der Waals surface area contributed by atoms with Crippen LogP contribution in [-0.4, -0.2) is 45.2 Å². The molecular formula is C15H24ClN3. The molecule has 0 aromatic heterocycles. The molecule has 0 saturated carbocycles. The lowest BCUT2D eigenvalue weighted by Crippen LogP contribution is -2.45. The highest BCUT2D eigenvalue weighted by molar-refractivity contribution is 6.31. The van der Waals surface area contributed by atoms with Crippen LogP contribution in [-0.2, 0) is 6.54 Å². The third-order valence-corrected chi connectivity index (χ3v) is 4.25. The molecule has 1 atom stereocenters. The molecule has 1 aliphatic heterocycles. The molecule has 1 fully saturated rings. The van der Waals surface area contributed by atoms with Gasteiger partial charge in [-0.25, -0.2) is 0 Å². The van der Waals surface area contributed by atoms with Gasteiger partial charge < -0.3 is 15.1 Å². The Labute approximate surface area is 121 Å². The van der Waals surface area contributed by atoms with Crippen molar-refractivity contribution < 1.29 is 0 Å². The fourth-order valence-corrected chi connectivity index (χ4v) is 2.92. The van der Waals surface area contributed by atoms with E-state index in [2.05, 4.69) is 47.4 Å². The molecule has 2 rings (SSSR count). The fourth-order valence-electron chi connectivity index (χ4n) is 2.68. The number of nitrogens with one attached hydrogen (secondary N) is 1. The van der Waals surface area contributed by atoms with E-state index in [0.29, 0.717) is 6.04 Å². The molecule has 1 unspecified atom stereocenters. The first-order valence-electron chi connectivity index (χ1n) is 6.96. The lowest BCUT2D eigenvalue weighted by atomic mass is 10.0. The Bertz CT molecular complexity index is 420. The van der Waals surface area contributed by atoms with Crippen LogP contribution in [0.15, 0.2) is 18.2 Å². The van der Waals surface area contributed by atoms with Gasteiger partial charge in [-0.05, 0) is 51.7 Å². The smallest absolute Gasteiger partial charge is 0.0471 e. The Morgan fingerprint density at radius 1 is 1.42 bits per heavy atom. The van der Waals surface area contributed by atoms with E-state index in [1.807, 2.05) is 7.05 Å². The maximum Gasteiger partial charge on any atom is 0.0471 e. The molecule has 3 nitrogen and oxygen atoms in total. The van der Waals surface area contributed by atoms with Gasteiger partial charge in [0, 0.05) is 36.4 Å². The van der Waals surface area contributed by atoms with Gasteiger partial charge in [-0.15, -0.1) is 0 Å². The minimum absolute atomic E-state index is 0.643. The first-order valence-corrected chi connectivity index (χ1v) is 7.34. The number of nitrogens with zero attached hydrogens (tertiary/aromatic N) is 2. The summed E-state index contributed by atoms with van der Waals surface area (Å²) < 4.78 is 0. The molecule has 0 amide bonds. The number of anilines is 1. The molecule has 19 heavy (non-hydrogen) atoms. The number of rotatable bonds is 4. The molecule has 1 aromatic rings. The monoisotopic (exact) mass is 281 g/mol. The van der Waals surface area contributed by atoms with Crippen LogP contribution in [0.3, 0.4) is 0 Å². The lowest BCUT2D eigenvalue weighted by Gasteiger charge is -2.37. The van der Waals surface area contributed by atoms with Crippen LogP contribution >= 0.6 is 11.6 Å². The first-order chi connectivity index (χ1) is 9.11. The SMILES string of the molecule is CNCc1ccc(N2CCCC(N(C)C)C2)cc1Cl. The number of hydrogen-bond donors (Lipinski definition) is 1. The summed E-state index contributed by atoms with van der Waals surface area (Å²) in [5, 5.41) is 4.00. The van der Waals surface area contributed by atoms with E-state index in [0.717, 1.165) is 30.2 Å². The highest BCUT2D eigenvalue weighted by Crippen LogP contribution is 2.26. The molecule has 1 aliphatic rings. The summed E-state index contributed by atoms with van der Waals surface area (Å²) in [4.78, 5) is 4.77. The summed E-state index contributed by atoms with van der Waals surface area (Å²) in [6, 6.07) is 7.07. The molecule has 1 aromatic carbocycles. The molecule has 4 heteroatoms. The van der Waals surface area contributed by atoms with Gasteiger partial charge in [-0.3, -0.25) is 0 Å². The van der Waals surface area contributed by atoms with Crippen molar-refractivity contribution in [2.24, 2.45) is 0 Å². The first kappa shape index (κ1) is 14.6. The Kier molecular flexibility index (Phi) is 5.08. The second kappa shape index (κ2) is 6.60. The summed E-state index contributed by atoms with van der Waals surface area (Å²) in [7, 11) is 6.27. The van der Waals surface area contributed by atoms with Gasteiger partial charge in [0.2, 0.25) is 0 Å². The maximum atomic E-state index is 6.35. The van der Waals surface area contributed by atoms with Crippen molar-refractivity contribution in [1.82, 2.24) is 10.2 Å². The van der Waals surface area contributed by atoms with Gasteiger partial charge in [-0.1, -0.05) is 17.7 Å². The van der Waals surface area contributed by atoms with Crippen LogP contribution in [0.2, 0.25) is 5.02 Å². The third kappa shape index (κ3) is 3.62. The van der Waals surface area contributed by atoms with Crippen LogP contribution in [0, 0.1) is 0 Å². The number of likely N-dealkylation sites (N-methyl/N-ethyl adjacent to an activating group) is 1. The third-order valence-electron chi connectivity index (χ3n) is 3.90. The van der Waals surface area contributed by atoms with E-state index in [1.54, 1.807) is 0 Å². The van der Waals surface area contributed by atoms with Crippen molar-refractivity contribution in [1.29, 1.82) is 0 Å². The van der Waals surface area contributed by atoms with E-state index in [9.17, 15) is 0 Å².